The molecule has 342 valence electrons. The molecule has 9 amide bonds. The number of fused-ring (bicyclic) bond motifs is 1. The highest BCUT2D eigenvalue weighted by atomic mass is 32.2. The lowest BCUT2D eigenvalue weighted by Crippen LogP contribution is -2.59. The molecule has 0 saturated heterocycles. The number of benzene rings is 2. The van der Waals surface area contributed by atoms with Gasteiger partial charge in [-0.1, -0.05) is 42.5 Å². The third kappa shape index (κ3) is 17.7. The number of rotatable bonds is 26. The van der Waals surface area contributed by atoms with Crippen LogP contribution in [0.25, 0.3) is 10.8 Å². The topological polar surface area (TPSA) is 328 Å². The van der Waals surface area contributed by atoms with Crippen LogP contribution in [-0.2, 0) is 49.6 Å². The molecule has 0 heterocycles. The van der Waals surface area contributed by atoms with Crippen LogP contribution in [0.2, 0.25) is 0 Å². The zero-order chi connectivity index (χ0) is 46.5. The van der Waals surface area contributed by atoms with Crippen LogP contribution in [0.3, 0.4) is 0 Å². The van der Waals surface area contributed by atoms with Gasteiger partial charge < -0.3 is 59.7 Å². The standard InChI is InChI=1S/C41H63N11O9S/c1-22(35(55)46-25(4)38(58)51-30(34(44)54)13-9-10-17-42)45-37(57)24(3)49-41(61)32(20-27-14-15-28-11-7-8-12-29(28)19-27)52-39(59)26(5)47-36(56)23(2)48-40(60)31(16-18-62-6)50-33(53)21-43/h7-8,11-12,14-15,19,22-26,30-32H,9-10,13,16-18,20-21,42-43H2,1-6H3,(H2,44,54)(H,45,57)(H,46,55)(H,47,56)(H,48,60)(H,49,61)(H,50,53)(H,51,58)(H,52,59)/t22-,23-,24-,25+,26+,30-,31-,32+/m0/s1. The highest BCUT2D eigenvalue weighted by molar-refractivity contribution is 7.98. The van der Waals surface area contributed by atoms with E-state index in [9.17, 15) is 43.2 Å². The maximum atomic E-state index is 13.8. The first-order chi connectivity index (χ1) is 29.3. The minimum absolute atomic E-state index is 0.0157. The molecule has 0 aliphatic heterocycles. The van der Waals surface area contributed by atoms with Gasteiger partial charge in [-0.05, 0) is 95.2 Å². The number of hydrogen-bond acceptors (Lipinski definition) is 12. The summed E-state index contributed by atoms with van der Waals surface area (Å²) >= 11 is 1.47. The second-order valence-electron chi connectivity index (χ2n) is 15.0. The molecule has 2 aromatic carbocycles. The van der Waals surface area contributed by atoms with Gasteiger partial charge in [0.2, 0.25) is 53.2 Å². The van der Waals surface area contributed by atoms with Crippen LogP contribution in [0, 0.1) is 0 Å². The Labute approximate surface area is 365 Å². The predicted molar refractivity (Wildman–Crippen MR) is 236 cm³/mol. The highest BCUT2D eigenvalue weighted by Gasteiger charge is 2.31. The van der Waals surface area contributed by atoms with E-state index in [-0.39, 0.29) is 19.4 Å². The average molecular weight is 886 g/mol. The molecule has 0 saturated carbocycles. The van der Waals surface area contributed by atoms with Crippen molar-refractivity contribution < 1.29 is 43.2 Å². The van der Waals surface area contributed by atoms with Crippen LogP contribution in [0.4, 0.5) is 0 Å². The van der Waals surface area contributed by atoms with Crippen molar-refractivity contribution in [2.45, 2.75) is 115 Å². The molecule has 0 bridgehead atoms. The SMILES string of the molecule is CSCC[C@H](NC(=O)CN)C(=O)N[C@@H](C)C(=O)N[C@H](C)C(=O)N[C@H](Cc1ccc2ccccc2c1)C(=O)N[C@@H](C)C(=O)N[C@@H](C)C(=O)N[C@H](C)C(=O)N[C@@H](CCCCN)C(N)=O. The van der Waals surface area contributed by atoms with E-state index in [1.807, 2.05) is 42.7 Å². The molecular formula is C41H63N11O9S. The summed E-state index contributed by atoms with van der Waals surface area (Å²) in [6.07, 6.45) is 3.57. The number of nitrogens with one attached hydrogen (secondary N) is 8. The smallest absolute Gasteiger partial charge is 0.243 e. The molecule has 2 aromatic rings. The molecule has 0 aromatic heterocycles. The summed E-state index contributed by atoms with van der Waals surface area (Å²) in [5, 5.41) is 22.1. The van der Waals surface area contributed by atoms with E-state index in [0.29, 0.717) is 37.1 Å². The van der Waals surface area contributed by atoms with Crippen molar-refractivity contribution in [2.75, 3.05) is 25.1 Å². The Bertz CT molecular complexity index is 1900. The van der Waals surface area contributed by atoms with Crippen LogP contribution in [-0.4, -0.2) is 127 Å². The number of nitrogens with two attached hydrogens (primary N) is 3. The first-order valence-corrected chi connectivity index (χ1v) is 21.8. The van der Waals surface area contributed by atoms with Gasteiger partial charge in [0.1, 0.15) is 48.3 Å². The first-order valence-electron chi connectivity index (χ1n) is 20.4. The number of thioether (sulfide) groups is 1. The molecular weight excluding hydrogens is 823 g/mol. The summed E-state index contributed by atoms with van der Waals surface area (Å²) in [5.41, 5.74) is 17.0. The van der Waals surface area contributed by atoms with Gasteiger partial charge in [0.05, 0.1) is 6.54 Å². The lowest BCUT2D eigenvalue weighted by atomic mass is 10.0. The number of amides is 9. The Hall–Kier alpha value is -5.80. The van der Waals surface area contributed by atoms with Crippen molar-refractivity contribution in [2.24, 2.45) is 17.2 Å². The molecule has 62 heavy (non-hydrogen) atoms. The van der Waals surface area contributed by atoms with Crippen molar-refractivity contribution in [1.82, 2.24) is 42.5 Å². The molecule has 14 N–H and O–H groups in total. The molecule has 0 radical (unpaired) electrons. The highest BCUT2D eigenvalue weighted by Crippen LogP contribution is 2.17. The van der Waals surface area contributed by atoms with Crippen LogP contribution >= 0.6 is 11.8 Å². The number of carbonyl (C=O) groups excluding carboxylic acids is 9. The monoisotopic (exact) mass is 885 g/mol. The van der Waals surface area contributed by atoms with Gasteiger partial charge in [0.15, 0.2) is 0 Å². The summed E-state index contributed by atoms with van der Waals surface area (Å²) in [4.78, 5) is 116. The summed E-state index contributed by atoms with van der Waals surface area (Å²) in [7, 11) is 0. The Kier molecular flexibility index (Phi) is 22.4. The molecule has 0 fully saturated rings. The zero-order valence-electron chi connectivity index (χ0n) is 36.1. The third-order valence-electron chi connectivity index (χ3n) is 9.70. The second-order valence-corrected chi connectivity index (χ2v) is 15.9. The second kappa shape index (κ2) is 26.5. The number of carbonyl (C=O) groups is 9. The van der Waals surface area contributed by atoms with E-state index in [4.69, 9.17) is 17.2 Å². The van der Waals surface area contributed by atoms with Crippen LogP contribution in [0.5, 0.6) is 0 Å². The quantitative estimate of drug-likeness (QED) is 0.0444. The molecule has 0 aliphatic carbocycles. The molecule has 8 atom stereocenters. The molecule has 0 unspecified atom stereocenters. The fourth-order valence-corrected chi connectivity index (χ4v) is 6.38. The lowest BCUT2D eigenvalue weighted by Gasteiger charge is -2.25. The van der Waals surface area contributed by atoms with Crippen molar-refractivity contribution in [1.29, 1.82) is 0 Å². The third-order valence-corrected chi connectivity index (χ3v) is 10.3. The average Bonchev–Trinajstić information content (AvgIpc) is 3.23. The van der Waals surface area contributed by atoms with E-state index in [2.05, 4.69) is 42.5 Å². The summed E-state index contributed by atoms with van der Waals surface area (Å²) in [6.45, 7) is 7.04. The first kappa shape index (κ1) is 52.3. The molecule has 0 aliphatic rings. The van der Waals surface area contributed by atoms with Gasteiger partial charge >= 0.3 is 0 Å². The minimum atomic E-state index is -1.25. The Morgan fingerprint density at radius 1 is 0.532 bits per heavy atom. The number of hydrogen-bond donors (Lipinski definition) is 11. The van der Waals surface area contributed by atoms with E-state index < -0.39 is 101 Å². The van der Waals surface area contributed by atoms with Gasteiger partial charge in [0, 0.05) is 6.42 Å². The zero-order valence-corrected chi connectivity index (χ0v) is 36.9. The van der Waals surface area contributed by atoms with Crippen molar-refractivity contribution >= 4 is 75.7 Å². The van der Waals surface area contributed by atoms with Crippen LogP contribution in [0.15, 0.2) is 42.5 Å². The van der Waals surface area contributed by atoms with Crippen LogP contribution in [0.1, 0.15) is 65.9 Å². The van der Waals surface area contributed by atoms with Crippen molar-refractivity contribution in [3.05, 3.63) is 48.0 Å². The molecule has 2 rings (SSSR count). The van der Waals surface area contributed by atoms with E-state index in [0.717, 1.165) is 10.8 Å². The van der Waals surface area contributed by atoms with Gasteiger partial charge in [-0.2, -0.15) is 11.8 Å². The van der Waals surface area contributed by atoms with E-state index >= 15 is 0 Å². The normalized spacial score (nSPS) is 14.8. The Morgan fingerprint density at radius 2 is 0.984 bits per heavy atom. The number of unbranched alkanes of at least 4 members (excludes halogenated alkanes) is 1. The van der Waals surface area contributed by atoms with Crippen molar-refractivity contribution in [3.8, 4) is 0 Å². The fourth-order valence-electron chi connectivity index (χ4n) is 5.91. The van der Waals surface area contributed by atoms with Gasteiger partial charge in [0.25, 0.3) is 0 Å². The summed E-state index contributed by atoms with van der Waals surface area (Å²) in [5.74, 6) is -5.67. The fraction of sp³-hybridized carbons (Fsp3) is 0.537. The van der Waals surface area contributed by atoms with Gasteiger partial charge in [-0.15, -0.1) is 0 Å². The lowest BCUT2D eigenvalue weighted by molar-refractivity contribution is -0.135. The molecule has 21 heteroatoms. The Balaban J connectivity index is 2.12. The number of primary amides is 1. The Morgan fingerprint density at radius 3 is 1.45 bits per heavy atom. The van der Waals surface area contributed by atoms with Gasteiger partial charge in [-0.3, -0.25) is 43.2 Å². The van der Waals surface area contributed by atoms with E-state index in [1.54, 1.807) is 6.07 Å². The van der Waals surface area contributed by atoms with Gasteiger partial charge in [-0.25, -0.2) is 0 Å². The largest absolute Gasteiger partial charge is 0.368 e. The van der Waals surface area contributed by atoms with Crippen molar-refractivity contribution in [3.63, 3.8) is 0 Å². The molecule has 0 spiro atoms. The summed E-state index contributed by atoms with van der Waals surface area (Å²) in [6, 6.07) is 4.13. The maximum absolute atomic E-state index is 13.8. The minimum Gasteiger partial charge on any atom is -0.368 e. The molecule has 20 nitrogen and oxygen atoms in total. The van der Waals surface area contributed by atoms with Crippen LogP contribution < -0.4 is 59.7 Å². The predicted octanol–water partition coefficient (Wildman–Crippen LogP) is -2.31. The van der Waals surface area contributed by atoms with E-state index in [1.165, 1.54) is 46.4 Å². The maximum Gasteiger partial charge on any atom is 0.243 e. The summed E-state index contributed by atoms with van der Waals surface area (Å²) < 4.78 is 0.